The number of fused-ring (bicyclic) bond motifs is 6. The molecular formula is C50H51F7N6O7. The van der Waals surface area contributed by atoms with Gasteiger partial charge in [-0.1, -0.05) is 24.3 Å². The molecular weight excluding hydrogens is 930 g/mol. The largest absolute Gasteiger partial charge is 0.497 e. The van der Waals surface area contributed by atoms with Crippen LogP contribution in [0.1, 0.15) is 68.7 Å². The molecule has 0 radical (unpaired) electrons. The van der Waals surface area contributed by atoms with Gasteiger partial charge in [-0.05, 0) is 100 Å². The van der Waals surface area contributed by atoms with Crippen molar-refractivity contribution in [3.8, 4) is 34.6 Å². The third-order valence-corrected chi connectivity index (χ3v) is 14.0. The van der Waals surface area contributed by atoms with Crippen LogP contribution in [0.4, 0.5) is 47.0 Å². The number of hydrogen-bond acceptors (Lipinski definition) is 12. The van der Waals surface area contributed by atoms with Gasteiger partial charge in [0.1, 0.15) is 45.3 Å². The van der Waals surface area contributed by atoms with Crippen LogP contribution in [0.15, 0.2) is 54.6 Å². The lowest BCUT2D eigenvalue weighted by atomic mass is 9.71. The summed E-state index contributed by atoms with van der Waals surface area (Å²) in [5.74, 6) is -2.34. The van der Waals surface area contributed by atoms with Crippen molar-refractivity contribution < 1.29 is 63.9 Å². The highest BCUT2D eigenvalue weighted by molar-refractivity contribution is 5.98. The van der Waals surface area contributed by atoms with E-state index in [0.29, 0.717) is 48.5 Å². The minimum Gasteiger partial charge on any atom is -0.497 e. The first-order valence-electron chi connectivity index (χ1n) is 23.0. The molecule has 0 unspecified atom stereocenters. The van der Waals surface area contributed by atoms with E-state index in [1.165, 1.54) is 28.9 Å². The second-order valence-electron chi connectivity index (χ2n) is 19.8. The van der Waals surface area contributed by atoms with Crippen molar-refractivity contribution >= 4 is 28.5 Å². The Labute approximate surface area is 398 Å². The number of ether oxygens (including phenoxy) is 6. The van der Waals surface area contributed by atoms with Crippen molar-refractivity contribution in [3.05, 3.63) is 88.5 Å². The monoisotopic (exact) mass is 980 g/mol. The summed E-state index contributed by atoms with van der Waals surface area (Å²) >= 11 is 0. The zero-order valence-electron chi connectivity index (χ0n) is 39.2. The summed E-state index contributed by atoms with van der Waals surface area (Å²) in [4.78, 5) is 31.7. The second kappa shape index (κ2) is 17.5. The van der Waals surface area contributed by atoms with Crippen molar-refractivity contribution in [2.24, 2.45) is 5.41 Å². The minimum atomic E-state index is -5.29. The van der Waals surface area contributed by atoms with Gasteiger partial charge in [-0.25, -0.2) is 27.3 Å². The molecule has 0 spiro atoms. The SMILES string of the molecule is COc1ccc(CN(Cc2ccc(OC)cc2)c2cc(-c3nc4c5c(nc(OCC67COC(C6)C7)nc5c3F)N3C[C@H]5CC[C@@H]([C@H]3[C@H](C(F)F)O4)N5C(=O)OC(C)(C)C)c(C(F)(F)F)c(C)c2F)cc1. The first-order chi connectivity index (χ1) is 33.2. The predicted octanol–water partition coefficient (Wildman–Crippen LogP) is 10.1. The van der Waals surface area contributed by atoms with Crippen LogP contribution in [0.2, 0.25) is 0 Å². The molecule has 372 valence electrons. The number of amides is 1. The van der Waals surface area contributed by atoms with Crippen molar-refractivity contribution in [1.82, 2.24) is 19.9 Å². The standard InChI is InChI=1S/C50H51F7N6O7/c1-25-36(50(55,56)57)32(17-34(37(25)51)61(20-26-7-12-29(65-5)13-8-26)21-27-9-14-30(66-6)15-10-27)39-38(52)40-35-44(60-46(59-40)68-24-49-18-31(19-49)67-23-49)62-22-28-11-16-33(63(28)47(64)70-48(2,3)4)41(62)42(43(53)54)69-45(35)58-39/h7-10,12-15,17,28,31,33,41-43H,11,16,18-24H2,1-6H3/t28-,31?,33+,41+,42-,49?/m1/s1. The highest BCUT2D eigenvalue weighted by Crippen LogP contribution is 2.52. The normalized spacial score (nSPS) is 23.4. The lowest BCUT2D eigenvalue weighted by Gasteiger charge is -2.48. The van der Waals surface area contributed by atoms with Crippen LogP contribution in [0, 0.1) is 24.0 Å². The van der Waals surface area contributed by atoms with Gasteiger partial charge in [0.25, 0.3) is 6.43 Å². The molecule has 7 heterocycles. The van der Waals surface area contributed by atoms with Crippen LogP contribution in [0.25, 0.3) is 22.2 Å². The molecule has 20 heteroatoms. The van der Waals surface area contributed by atoms with Gasteiger partial charge in [0, 0.05) is 30.6 Å². The molecule has 1 amide bonds. The van der Waals surface area contributed by atoms with Crippen LogP contribution >= 0.6 is 0 Å². The molecule has 11 rings (SSSR count). The number of carbonyl (C=O) groups excluding carboxylic acids is 1. The Morgan fingerprint density at radius 1 is 0.914 bits per heavy atom. The number of piperazine rings is 1. The van der Waals surface area contributed by atoms with Gasteiger partial charge in [-0.15, -0.1) is 0 Å². The zero-order chi connectivity index (χ0) is 49.6. The Morgan fingerprint density at radius 2 is 1.56 bits per heavy atom. The van der Waals surface area contributed by atoms with Crippen LogP contribution in [0.5, 0.6) is 23.4 Å². The molecule has 5 aliphatic heterocycles. The number of methoxy groups -OCH3 is 2. The number of halogens is 7. The summed E-state index contributed by atoms with van der Waals surface area (Å²) in [6.07, 6.45) is -9.23. The Morgan fingerprint density at radius 3 is 2.11 bits per heavy atom. The highest BCUT2D eigenvalue weighted by atomic mass is 19.4. The number of aromatic nitrogens is 3. The second-order valence-corrected chi connectivity index (χ2v) is 19.8. The van der Waals surface area contributed by atoms with Crippen LogP contribution in [0.3, 0.4) is 0 Å². The summed E-state index contributed by atoms with van der Waals surface area (Å²) < 4.78 is 147. The van der Waals surface area contributed by atoms with Crippen LogP contribution < -0.4 is 28.7 Å². The van der Waals surface area contributed by atoms with Gasteiger partial charge in [0.2, 0.25) is 5.88 Å². The zero-order valence-corrected chi connectivity index (χ0v) is 39.2. The van der Waals surface area contributed by atoms with E-state index < -0.39 is 93.9 Å². The number of benzene rings is 3. The minimum absolute atomic E-state index is 0.0422. The van der Waals surface area contributed by atoms with E-state index in [1.807, 2.05) is 0 Å². The van der Waals surface area contributed by atoms with Crippen LogP contribution in [-0.2, 0) is 28.7 Å². The fourth-order valence-corrected chi connectivity index (χ4v) is 10.7. The highest BCUT2D eigenvalue weighted by Gasteiger charge is 2.57. The van der Waals surface area contributed by atoms with Crippen molar-refractivity contribution in [2.45, 2.75) is 115 Å². The number of nitrogens with zero attached hydrogens (tertiary/aromatic N) is 6. The van der Waals surface area contributed by atoms with Crippen molar-refractivity contribution in [2.75, 3.05) is 43.8 Å². The molecule has 2 aromatic heterocycles. The van der Waals surface area contributed by atoms with E-state index in [-0.39, 0.29) is 67.1 Å². The summed E-state index contributed by atoms with van der Waals surface area (Å²) in [7, 11) is 2.98. The molecule has 1 saturated carbocycles. The third-order valence-electron chi connectivity index (χ3n) is 14.0. The summed E-state index contributed by atoms with van der Waals surface area (Å²) in [6.45, 7) is 6.28. The van der Waals surface area contributed by atoms with Gasteiger partial charge in [-0.2, -0.15) is 23.1 Å². The maximum Gasteiger partial charge on any atom is 0.417 e. The van der Waals surface area contributed by atoms with Crippen molar-refractivity contribution in [3.63, 3.8) is 0 Å². The van der Waals surface area contributed by atoms with E-state index in [2.05, 4.69) is 9.97 Å². The van der Waals surface area contributed by atoms with Gasteiger partial charge >= 0.3 is 18.3 Å². The van der Waals surface area contributed by atoms with Gasteiger partial charge in [-0.3, -0.25) is 4.90 Å². The molecule has 3 aromatic carbocycles. The summed E-state index contributed by atoms with van der Waals surface area (Å²) in [5.41, 5.74) is -5.30. The Balaban J connectivity index is 1.16. The summed E-state index contributed by atoms with van der Waals surface area (Å²) in [6, 6.07) is 11.3. The number of anilines is 2. The van der Waals surface area contributed by atoms with Gasteiger partial charge in [0.15, 0.2) is 11.9 Å². The lowest BCUT2D eigenvalue weighted by molar-refractivity contribution is -0.137. The number of carbonyl (C=O) groups is 1. The van der Waals surface area contributed by atoms with Gasteiger partial charge in [0.05, 0.1) is 62.9 Å². The molecule has 6 aliphatic rings. The Hall–Kier alpha value is -6.31. The Kier molecular flexibility index (Phi) is 11.9. The fourth-order valence-electron chi connectivity index (χ4n) is 10.7. The van der Waals surface area contributed by atoms with Crippen molar-refractivity contribution in [1.29, 1.82) is 0 Å². The molecule has 70 heavy (non-hydrogen) atoms. The average Bonchev–Trinajstić information content (AvgIpc) is 3.98. The number of rotatable bonds is 12. The molecule has 4 atom stereocenters. The van der Waals surface area contributed by atoms with Gasteiger partial charge < -0.3 is 38.2 Å². The smallest absolute Gasteiger partial charge is 0.417 e. The quantitative estimate of drug-likeness (QED) is 0.111. The van der Waals surface area contributed by atoms with Crippen LogP contribution in [-0.4, -0.2) is 102 Å². The number of pyridine rings is 1. The number of hydrogen-bond donors (Lipinski definition) is 0. The topological polar surface area (TPSA) is 121 Å². The first-order valence-corrected chi connectivity index (χ1v) is 23.0. The maximum atomic E-state index is 17.9. The van der Waals surface area contributed by atoms with E-state index in [0.717, 1.165) is 13.0 Å². The van der Waals surface area contributed by atoms with E-state index in [9.17, 15) is 4.79 Å². The molecule has 4 bridgehead atoms. The van der Waals surface area contributed by atoms with E-state index in [4.69, 9.17) is 33.4 Å². The predicted molar refractivity (Wildman–Crippen MR) is 242 cm³/mol. The number of alkyl halides is 5. The maximum absolute atomic E-state index is 17.9. The van der Waals surface area contributed by atoms with E-state index >= 15 is 30.7 Å². The fraction of sp³-hybridized carbons (Fsp3) is 0.480. The molecule has 0 N–H and O–H groups in total. The summed E-state index contributed by atoms with van der Waals surface area (Å²) in [5, 5.41) is -0.286. The third kappa shape index (κ3) is 8.48. The molecule has 13 nitrogen and oxygen atoms in total. The molecule has 4 saturated heterocycles. The first kappa shape index (κ1) is 47.4. The lowest BCUT2D eigenvalue weighted by Crippen LogP contribution is -2.67. The molecule has 5 fully saturated rings. The average molecular weight is 981 g/mol. The van der Waals surface area contributed by atoms with E-state index in [1.54, 1.807) is 69.3 Å². The molecule has 1 aliphatic carbocycles. The molecule has 5 aromatic rings. The Bertz CT molecular complexity index is 2770.